The summed E-state index contributed by atoms with van der Waals surface area (Å²) in [5, 5.41) is 13.6. The summed E-state index contributed by atoms with van der Waals surface area (Å²) >= 11 is 6.05. The molecule has 3 heteroatoms. The average Bonchev–Trinajstić information content (AvgIpc) is 2.38. The first kappa shape index (κ1) is 12.8. The maximum atomic E-state index is 9.75. The van der Waals surface area contributed by atoms with Gasteiger partial charge in [0.2, 0.25) is 0 Å². The number of phenolic OH excluding ortho intramolecular Hbond substituents is 1. The van der Waals surface area contributed by atoms with Crippen LogP contribution in [-0.4, -0.2) is 5.11 Å². The van der Waals surface area contributed by atoms with Crippen molar-refractivity contribution in [1.29, 1.82) is 0 Å². The van der Waals surface area contributed by atoms with E-state index in [0.29, 0.717) is 11.6 Å². The van der Waals surface area contributed by atoms with Crippen LogP contribution in [0.1, 0.15) is 18.1 Å². The zero-order chi connectivity index (χ0) is 13.0. The third-order valence-electron chi connectivity index (χ3n) is 2.90. The lowest BCUT2D eigenvalue weighted by molar-refractivity contribution is 0.469. The maximum Gasteiger partial charge on any atom is 0.122 e. The molecule has 0 saturated carbocycles. The van der Waals surface area contributed by atoms with Crippen molar-refractivity contribution >= 4 is 17.3 Å². The fraction of sp³-hybridized carbons (Fsp3) is 0.200. The largest absolute Gasteiger partial charge is 0.508 e. The predicted molar refractivity (Wildman–Crippen MR) is 76.3 cm³/mol. The van der Waals surface area contributed by atoms with Crippen LogP contribution in [0.2, 0.25) is 5.02 Å². The van der Waals surface area contributed by atoms with E-state index < -0.39 is 0 Å². The summed E-state index contributed by atoms with van der Waals surface area (Å²) in [5.41, 5.74) is 3.04. The number of rotatable bonds is 4. The van der Waals surface area contributed by atoms with Gasteiger partial charge in [-0.15, -0.1) is 0 Å². The van der Waals surface area contributed by atoms with Crippen molar-refractivity contribution in [2.24, 2.45) is 0 Å². The minimum Gasteiger partial charge on any atom is -0.508 e. The molecule has 0 aliphatic heterocycles. The number of nitrogens with one attached hydrogen (secondary N) is 1. The summed E-state index contributed by atoms with van der Waals surface area (Å²) < 4.78 is 0. The molecular formula is C15H16ClNO. The Balaban J connectivity index is 2.11. The van der Waals surface area contributed by atoms with Gasteiger partial charge < -0.3 is 10.4 Å². The van der Waals surface area contributed by atoms with Crippen molar-refractivity contribution in [1.82, 2.24) is 0 Å². The third-order valence-corrected chi connectivity index (χ3v) is 3.25. The van der Waals surface area contributed by atoms with E-state index in [1.807, 2.05) is 12.1 Å². The summed E-state index contributed by atoms with van der Waals surface area (Å²) in [4.78, 5) is 0. The van der Waals surface area contributed by atoms with Gasteiger partial charge in [0.25, 0.3) is 0 Å². The van der Waals surface area contributed by atoms with Crippen molar-refractivity contribution < 1.29 is 5.11 Å². The van der Waals surface area contributed by atoms with E-state index in [1.54, 1.807) is 18.2 Å². The average molecular weight is 262 g/mol. The van der Waals surface area contributed by atoms with E-state index in [1.165, 1.54) is 5.56 Å². The Hall–Kier alpha value is -1.67. The summed E-state index contributed by atoms with van der Waals surface area (Å²) in [5.74, 6) is 0.224. The summed E-state index contributed by atoms with van der Waals surface area (Å²) in [6.07, 6.45) is 1.01. The number of phenols is 1. The van der Waals surface area contributed by atoms with Crippen molar-refractivity contribution in [3.05, 3.63) is 58.6 Å². The van der Waals surface area contributed by atoms with Gasteiger partial charge in [-0.2, -0.15) is 0 Å². The van der Waals surface area contributed by atoms with Crippen LogP contribution in [0.25, 0.3) is 0 Å². The molecule has 0 heterocycles. The number of anilines is 1. The number of benzene rings is 2. The van der Waals surface area contributed by atoms with Crippen molar-refractivity contribution in [3.8, 4) is 5.75 Å². The normalized spacial score (nSPS) is 10.3. The lowest BCUT2D eigenvalue weighted by atomic mass is 10.1. The Labute approximate surface area is 112 Å². The molecule has 2 nitrogen and oxygen atoms in total. The van der Waals surface area contributed by atoms with Crippen LogP contribution >= 0.6 is 11.6 Å². The third kappa shape index (κ3) is 2.96. The molecule has 0 aliphatic carbocycles. The molecule has 18 heavy (non-hydrogen) atoms. The molecule has 0 unspecified atom stereocenters. The van der Waals surface area contributed by atoms with Gasteiger partial charge in [-0.1, -0.05) is 36.7 Å². The maximum absolute atomic E-state index is 9.75. The molecule has 2 aromatic rings. The second kappa shape index (κ2) is 5.78. The lowest BCUT2D eigenvalue weighted by Gasteiger charge is -2.10. The van der Waals surface area contributed by atoms with Gasteiger partial charge in [0.05, 0.1) is 0 Å². The second-order valence-electron chi connectivity index (χ2n) is 4.14. The molecule has 0 aromatic heterocycles. The molecule has 0 fully saturated rings. The minimum absolute atomic E-state index is 0.224. The highest BCUT2D eigenvalue weighted by molar-refractivity contribution is 6.31. The molecule has 0 saturated heterocycles. The van der Waals surface area contributed by atoms with Crippen LogP contribution in [0, 0.1) is 0 Å². The SMILES string of the molecule is CCc1cccc(NCc2c(O)cccc2Cl)c1. The first-order chi connectivity index (χ1) is 8.70. The van der Waals surface area contributed by atoms with Gasteiger partial charge in [-0.25, -0.2) is 0 Å². The summed E-state index contributed by atoms with van der Waals surface area (Å²) in [6, 6.07) is 13.4. The lowest BCUT2D eigenvalue weighted by Crippen LogP contribution is -2.00. The van der Waals surface area contributed by atoms with Gasteiger partial charge in [-0.05, 0) is 36.2 Å². The molecule has 94 valence electrons. The highest BCUT2D eigenvalue weighted by atomic mass is 35.5. The van der Waals surface area contributed by atoms with E-state index in [0.717, 1.165) is 17.7 Å². The quantitative estimate of drug-likeness (QED) is 0.864. The molecule has 2 aromatic carbocycles. The molecule has 0 spiro atoms. The Kier molecular flexibility index (Phi) is 4.11. The first-order valence-corrected chi connectivity index (χ1v) is 6.37. The van der Waals surface area contributed by atoms with Gasteiger partial charge in [0.1, 0.15) is 5.75 Å². The molecule has 2 rings (SSSR count). The highest BCUT2D eigenvalue weighted by Crippen LogP contribution is 2.26. The van der Waals surface area contributed by atoms with E-state index in [4.69, 9.17) is 11.6 Å². The van der Waals surface area contributed by atoms with Crippen molar-refractivity contribution in [3.63, 3.8) is 0 Å². The Morgan fingerprint density at radius 3 is 2.67 bits per heavy atom. The van der Waals surface area contributed by atoms with E-state index >= 15 is 0 Å². The van der Waals surface area contributed by atoms with Gasteiger partial charge >= 0.3 is 0 Å². The molecule has 0 atom stereocenters. The minimum atomic E-state index is 0.224. The van der Waals surface area contributed by atoms with E-state index in [2.05, 4.69) is 24.4 Å². The van der Waals surface area contributed by atoms with Gasteiger partial charge in [-0.3, -0.25) is 0 Å². The fourth-order valence-corrected chi connectivity index (χ4v) is 2.05. The zero-order valence-corrected chi connectivity index (χ0v) is 11.0. The number of aromatic hydroxyl groups is 1. The number of halogens is 1. The zero-order valence-electron chi connectivity index (χ0n) is 10.3. The smallest absolute Gasteiger partial charge is 0.122 e. The molecule has 0 aliphatic rings. The van der Waals surface area contributed by atoms with Gasteiger partial charge in [0, 0.05) is 22.8 Å². The number of hydrogen-bond acceptors (Lipinski definition) is 2. The second-order valence-corrected chi connectivity index (χ2v) is 4.55. The Morgan fingerprint density at radius 2 is 1.94 bits per heavy atom. The number of aryl methyl sites for hydroxylation is 1. The van der Waals surface area contributed by atoms with E-state index in [-0.39, 0.29) is 5.75 Å². The van der Waals surface area contributed by atoms with Crippen LogP contribution in [0.3, 0.4) is 0 Å². The topological polar surface area (TPSA) is 32.3 Å². The highest BCUT2D eigenvalue weighted by Gasteiger charge is 2.05. The molecule has 0 amide bonds. The van der Waals surface area contributed by atoms with Crippen LogP contribution in [0.5, 0.6) is 5.75 Å². The molecule has 0 radical (unpaired) electrons. The summed E-state index contributed by atoms with van der Waals surface area (Å²) in [6.45, 7) is 2.64. The fourth-order valence-electron chi connectivity index (χ4n) is 1.81. The molecule has 0 bridgehead atoms. The van der Waals surface area contributed by atoms with Crippen LogP contribution in [0.15, 0.2) is 42.5 Å². The predicted octanol–water partition coefficient (Wildman–Crippen LogP) is 4.22. The number of hydrogen-bond donors (Lipinski definition) is 2. The van der Waals surface area contributed by atoms with Crippen LogP contribution in [-0.2, 0) is 13.0 Å². The van der Waals surface area contributed by atoms with Crippen LogP contribution in [0.4, 0.5) is 5.69 Å². The monoisotopic (exact) mass is 261 g/mol. The Bertz CT molecular complexity index is 520. The van der Waals surface area contributed by atoms with Crippen molar-refractivity contribution in [2.45, 2.75) is 19.9 Å². The Morgan fingerprint density at radius 1 is 1.17 bits per heavy atom. The standard InChI is InChI=1S/C15H16ClNO/c1-2-11-5-3-6-12(9-11)17-10-13-14(16)7-4-8-15(13)18/h3-9,17-18H,2,10H2,1H3. The summed E-state index contributed by atoms with van der Waals surface area (Å²) in [7, 11) is 0. The van der Waals surface area contributed by atoms with Crippen LogP contribution < -0.4 is 5.32 Å². The molecule has 2 N–H and O–H groups in total. The van der Waals surface area contributed by atoms with E-state index in [9.17, 15) is 5.11 Å². The first-order valence-electron chi connectivity index (χ1n) is 6.00. The molecular weight excluding hydrogens is 246 g/mol. The van der Waals surface area contributed by atoms with Gasteiger partial charge in [0.15, 0.2) is 0 Å². The van der Waals surface area contributed by atoms with Crippen molar-refractivity contribution in [2.75, 3.05) is 5.32 Å².